The minimum absolute atomic E-state index is 0.0297. The first-order chi connectivity index (χ1) is 8.40. The van der Waals surface area contributed by atoms with Crippen LogP contribution in [0, 0.1) is 10.1 Å². The molecule has 0 bridgehead atoms. The molecule has 0 saturated carbocycles. The average molecular weight is 381 g/mol. The number of rotatable bonds is 3. The number of nitro groups is 1. The van der Waals surface area contributed by atoms with Crippen molar-refractivity contribution in [3.8, 4) is 5.75 Å². The topological polar surface area (TPSA) is 126 Å². The van der Waals surface area contributed by atoms with Gasteiger partial charge in [-0.05, 0) is 28.1 Å². The molecule has 0 fully saturated rings. The first kappa shape index (κ1) is 14.4. The summed E-state index contributed by atoms with van der Waals surface area (Å²) in [6.45, 7) is 0. The highest BCUT2D eigenvalue weighted by Gasteiger charge is 2.05. The molecule has 0 aliphatic carbocycles. The summed E-state index contributed by atoms with van der Waals surface area (Å²) in [5.74, 6) is -0.497. The van der Waals surface area contributed by atoms with Crippen molar-refractivity contribution in [1.82, 2.24) is 5.43 Å². The van der Waals surface area contributed by atoms with Gasteiger partial charge in [-0.25, -0.2) is 10.1 Å². The Bertz CT molecular complexity index is 532. The molecule has 0 aliphatic heterocycles. The molecule has 0 atom stereocenters. The predicted molar refractivity (Wildman–Crippen MR) is 72.9 cm³/mol. The summed E-state index contributed by atoms with van der Waals surface area (Å²) in [5.41, 5.74) is 7.13. The lowest BCUT2D eigenvalue weighted by Crippen LogP contribution is -2.35. The van der Waals surface area contributed by atoms with E-state index in [4.69, 9.17) is 5.73 Å². The first-order valence-corrected chi connectivity index (χ1v) is 5.94. The summed E-state index contributed by atoms with van der Waals surface area (Å²) < 4.78 is 1.19. The molecule has 0 amide bonds. The van der Waals surface area contributed by atoms with E-state index in [1.165, 1.54) is 6.21 Å². The number of phenolic OH excluding ortho intramolecular Hbond substituents is 1. The fraction of sp³-hybridized carbons (Fsp3) is 0. The van der Waals surface area contributed by atoms with Crippen molar-refractivity contribution in [2.24, 2.45) is 15.9 Å². The van der Waals surface area contributed by atoms with Crippen LogP contribution < -0.4 is 11.2 Å². The Labute approximate surface area is 118 Å². The van der Waals surface area contributed by atoms with E-state index in [0.717, 1.165) is 0 Å². The van der Waals surface area contributed by atoms with Crippen molar-refractivity contribution in [2.45, 2.75) is 0 Å². The third kappa shape index (κ3) is 4.30. The van der Waals surface area contributed by atoms with Crippen molar-refractivity contribution in [3.63, 3.8) is 0 Å². The Morgan fingerprint density at radius 3 is 2.83 bits per heavy atom. The van der Waals surface area contributed by atoms with E-state index in [1.807, 2.05) is 0 Å². The number of halogens is 2. The van der Waals surface area contributed by atoms with Crippen LogP contribution in [0.15, 0.2) is 31.3 Å². The maximum Gasteiger partial charge on any atom is 0.275 e. The van der Waals surface area contributed by atoms with E-state index in [1.54, 1.807) is 17.6 Å². The van der Waals surface area contributed by atoms with E-state index in [0.29, 0.717) is 14.5 Å². The third-order valence-corrected chi connectivity index (χ3v) is 2.69. The van der Waals surface area contributed by atoms with Crippen molar-refractivity contribution >= 4 is 44.0 Å². The average Bonchev–Trinajstić information content (AvgIpc) is 2.23. The number of nitrogens with two attached hydrogens (primary N) is 1. The van der Waals surface area contributed by atoms with Crippen molar-refractivity contribution in [2.75, 3.05) is 0 Å². The van der Waals surface area contributed by atoms with Gasteiger partial charge in [0.05, 0.1) is 10.7 Å². The van der Waals surface area contributed by atoms with E-state index >= 15 is 0 Å². The van der Waals surface area contributed by atoms with Gasteiger partial charge in [-0.15, -0.1) is 5.10 Å². The number of hydrazine groups is 1. The molecule has 1 rings (SSSR count). The summed E-state index contributed by atoms with van der Waals surface area (Å²) in [6.07, 6.45) is 1.21. The quantitative estimate of drug-likeness (QED) is 0.315. The molecule has 10 heteroatoms. The molecule has 0 unspecified atom stereocenters. The Kier molecular flexibility index (Phi) is 5.04. The molecule has 4 N–H and O–H groups in total. The molecular formula is C8H7Br2N5O3. The van der Waals surface area contributed by atoms with E-state index < -0.39 is 11.0 Å². The third-order valence-electron chi connectivity index (χ3n) is 1.63. The van der Waals surface area contributed by atoms with Crippen molar-refractivity contribution in [3.05, 3.63) is 36.8 Å². The number of aromatic hydroxyl groups is 1. The zero-order valence-electron chi connectivity index (χ0n) is 8.67. The standard InChI is InChI=1S/C8H7Br2N5O3/c9-5-1-4(7(16)6(10)2-5)3-12-13-8(11)14-15(17)18/h1-3,16H,(H3,11,13,14)/b12-3+. The number of phenols is 1. The van der Waals surface area contributed by atoms with Crippen LogP contribution in [-0.4, -0.2) is 22.3 Å². The zero-order chi connectivity index (χ0) is 13.7. The SMILES string of the molecule is N/C(=N\N=C\c1cc(Br)cc(Br)c1O)N[N+](=O)[O-]. The Morgan fingerprint density at radius 1 is 1.56 bits per heavy atom. The number of benzene rings is 1. The van der Waals surface area contributed by atoms with Gasteiger partial charge in [0.2, 0.25) is 0 Å². The van der Waals surface area contributed by atoms with Gasteiger partial charge in [0.15, 0.2) is 5.03 Å². The molecule has 0 radical (unpaired) electrons. The lowest BCUT2D eigenvalue weighted by atomic mass is 10.2. The molecule has 96 valence electrons. The van der Waals surface area contributed by atoms with Gasteiger partial charge >= 0.3 is 0 Å². The number of guanidine groups is 1. The largest absolute Gasteiger partial charge is 0.506 e. The van der Waals surface area contributed by atoms with Gasteiger partial charge in [0, 0.05) is 10.0 Å². The van der Waals surface area contributed by atoms with E-state index in [9.17, 15) is 15.2 Å². The number of hydrogen-bond donors (Lipinski definition) is 3. The molecule has 1 aromatic carbocycles. The zero-order valence-corrected chi connectivity index (χ0v) is 11.8. The predicted octanol–water partition coefficient (Wildman–Crippen LogP) is 1.35. The molecule has 0 aliphatic rings. The van der Waals surface area contributed by atoms with Gasteiger partial charge in [-0.2, -0.15) is 5.10 Å². The summed E-state index contributed by atoms with van der Waals surface area (Å²) in [6, 6.07) is 3.24. The fourth-order valence-corrected chi connectivity index (χ4v) is 2.21. The molecule has 1 aromatic rings. The van der Waals surface area contributed by atoms with Gasteiger partial charge in [-0.3, -0.25) is 0 Å². The minimum atomic E-state index is -0.860. The van der Waals surface area contributed by atoms with Crippen LogP contribution in [0.2, 0.25) is 0 Å². The van der Waals surface area contributed by atoms with Crippen LogP contribution in [0.4, 0.5) is 0 Å². The molecule has 0 saturated heterocycles. The van der Waals surface area contributed by atoms with Crippen LogP contribution >= 0.6 is 31.9 Å². The lowest BCUT2D eigenvalue weighted by Gasteiger charge is -2.01. The molecule has 18 heavy (non-hydrogen) atoms. The summed E-state index contributed by atoms with van der Waals surface area (Å²) in [4.78, 5) is 10.0. The van der Waals surface area contributed by atoms with Crippen LogP contribution in [0.3, 0.4) is 0 Å². The van der Waals surface area contributed by atoms with Gasteiger partial charge in [-0.1, -0.05) is 21.4 Å². The van der Waals surface area contributed by atoms with Crippen LogP contribution in [0.25, 0.3) is 0 Å². The van der Waals surface area contributed by atoms with Gasteiger partial charge in [0.25, 0.3) is 5.96 Å². The van der Waals surface area contributed by atoms with E-state index in [-0.39, 0.29) is 5.75 Å². The Morgan fingerprint density at radius 2 is 2.22 bits per heavy atom. The molecule has 0 aromatic heterocycles. The fourth-order valence-electron chi connectivity index (χ4n) is 0.953. The van der Waals surface area contributed by atoms with E-state index in [2.05, 4.69) is 42.1 Å². The Balaban J connectivity index is 2.88. The normalized spacial score (nSPS) is 11.8. The maximum atomic E-state index is 10.0. The Hall–Kier alpha value is -1.68. The monoisotopic (exact) mass is 379 g/mol. The number of nitrogens with one attached hydrogen (secondary N) is 1. The number of hydrogen-bond acceptors (Lipinski definition) is 5. The summed E-state index contributed by atoms with van der Waals surface area (Å²) in [5, 5.41) is 25.7. The molecule has 0 spiro atoms. The second kappa shape index (κ2) is 6.31. The summed E-state index contributed by atoms with van der Waals surface area (Å²) in [7, 11) is 0. The number of nitrogens with zero attached hydrogens (tertiary/aromatic N) is 3. The van der Waals surface area contributed by atoms with Crippen LogP contribution in [0.5, 0.6) is 5.75 Å². The van der Waals surface area contributed by atoms with Crippen molar-refractivity contribution in [1.29, 1.82) is 0 Å². The minimum Gasteiger partial charge on any atom is -0.506 e. The second-order valence-corrected chi connectivity index (χ2v) is 4.69. The molecular weight excluding hydrogens is 374 g/mol. The molecule has 8 nitrogen and oxygen atoms in total. The maximum absolute atomic E-state index is 10.0. The van der Waals surface area contributed by atoms with Crippen LogP contribution in [0.1, 0.15) is 5.56 Å². The highest BCUT2D eigenvalue weighted by Crippen LogP contribution is 2.30. The van der Waals surface area contributed by atoms with Gasteiger partial charge in [0.1, 0.15) is 5.75 Å². The van der Waals surface area contributed by atoms with Crippen LogP contribution in [-0.2, 0) is 0 Å². The smallest absolute Gasteiger partial charge is 0.275 e. The molecule has 0 heterocycles. The summed E-state index contributed by atoms with van der Waals surface area (Å²) >= 11 is 6.38. The van der Waals surface area contributed by atoms with Crippen molar-refractivity contribution < 1.29 is 10.1 Å². The highest BCUT2D eigenvalue weighted by molar-refractivity contribution is 9.11. The second-order valence-electron chi connectivity index (χ2n) is 2.92. The highest BCUT2D eigenvalue weighted by atomic mass is 79.9. The lowest BCUT2D eigenvalue weighted by molar-refractivity contribution is -0.525. The first-order valence-electron chi connectivity index (χ1n) is 4.35. The van der Waals surface area contributed by atoms with Gasteiger partial charge < -0.3 is 10.8 Å².